The van der Waals surface area contributed by atoms with E-state index in [2.05, 4.69) is 10.1 Å². The predicted molar refractivity (Wildman–Crippen MR) is 54.3 cm³/mol. The van der Waals surface area contributed by atoms with E-state index in [0.717, 1.165) is 0 Å². The van der Waals surface area contributed by atoms with Crippen LogP contribution in [-0.4, -0.2) is 37.9 Å². The van der Waals surface area contributed by atoms with Crippen molar-refractivity contribution in [2.75, 3.05) is 19.8 Å². The maximum absolute atomic E-state index is 11.6. The Labute approximate surface area is 93.3 Å². The lowest BCUT2D eigenvalue weighted by Gasteiger charge is -2.06. The van der Waals surface area contributed by atoms with Gasteiger partial charge >= 0.3 is 0 Å². The van der Waals surface area contributed by atoms with Gasteiger partial charge in [-0.05, 0) is 0 Å². The van der Waals surface area contributed by atoms with Gasteiger partial charge in [0.15, 0.2) is 5.78 Å². The number of ether oxygens (including phenoxy) is 1. The van der Waals surface area contributed by atoms with Gasteiger partial charge in [0.05, 0.1) is 13.2 Å². The summed E-state index contributed by atoms with van der Waals surface area (Å²) in [5.74, 6) is -0.569. The fourth-order valence-electron chi connectivity index (χ4n) is 0.815. The highest BCUT2D eigenvalue weighted by atomic mass is 19.3. The lowest BCUT2D eigenvalue weighted by atomic mass is 10.1. The molecule has 0 heterocycles. The summed E-state index contributed by atoms with van der Waals surface area (Å²) < 4.78 is 27.8. The summed E-state index contributed by atoms with van der Waals surface area (Å²) in [6.07, 6.45) is -2.54. The van der Waals surface area contributed by atoms with Crippen LogP contribution in [0.5, 0.6) is 0 Å². The van der Waals surface area contributed by atoms with Crippen molar-refractivity contribution in [3.05, 3.63) is 0 Å². The third-order valence-electron chi connectivity index (χ3n) is 1.82. The van der Waals surface area contributed by atoms with Gasteiger partial charge in [-0.25, -0.2) is 8.78 Å². The average Bonchev–Trinajstić information content (AvgIpc) is 2.20. The highest BCUT2D eigenvalue weighted by Crippen LogP contribution is 1.94. The maximum atomic E-state index is 11.6. The number of halogens is 2. The first kappa shape index (κ1) is 15.0. The fourth-order valence-corrected chi connectivity index (χ4v) is 0.815. The number of carbonyl (C=O) groups is 2. The van der Waals surface area contributed by atoms with Crippen LogP contribution in [0.4, 0.5) is 8.78 Å². The molecule has 94 valence electrons. The van der Waals surface area contributed by atoms with E-state index in [0.29, 0.717) is 0 Å². The first-order valence-corrected chi connectivity index (χ1v) is 5.08. The molecule has 0 unspecified atom stereocenters. The van der Waals surface area contributed by atoms with Crippen molar-refractivity contribution in [2.24, 2.45) is 5.92 Å². The molecule has 4 nitrogen and oxygen atoms in total. The van der Waals surface area contributed by atoms with Crippen LogP contribution in [0.3, 0.4) is 0 Å². The fraction of sp³-hybridized carbons (Fsp3) is 0.800. The van der Waals surface area contributed by atoms with Crippen molar-refractivity contribution >= 4 is 11.7 Å². The molecule has 1 amide bonds. The van der Waals surface area contributed by atoms with E-state index in [-0.39, 0.29) is 37.2 Å². The molecule has 6 heteroatoms. The zero-order valence-corrected chi connectivity index (χ0v) is 9.46. The Hall–Kier alpha value is -1.04. The summed E-state index contributed by atoms with van der Waals surface area (Å²) in [4.78, 5) is 22.2. The molecule has 0 saturated carbocycles. The van der Waals surface area contributed by atoms with Gasteiger partial charge in [-0.2, -0.15) is 0 Å². The van der Waals surface area contributed by atoms with Gasteiger partial charge in [0.2, 0.25) is 5.91 Å². The quantitative estimate of drug-likeness (QED) is 0.641. The molecule has 16 heavy (non-hydrogen) atoms. The van der Waals surface area contributed by atoms with Crippen LogP contribution in [0.15, 0.2) is 0 Å². The number of rotatable bonds is 8. The van der Waals surface area contributed by atoms with Crippen molar-refractivity contribution in [3.8, 4) is 0 Å². The van der Waals surface area contributed by atoms with Crippen molar-refractivity contribution in [2.45, 2.75) is 26.7 Å². The Morgan fingerprint density at radius 3 is 2.44 bits per heavy atom. The molecule has 0 aromatic carbocycles. The van der Waals surface area contributed by atoms with Gasteiger partial charge in [-0.3, -0.25) is 9.59 Å². The Kier molecular flexibility index (Phi) is 7.62. The van der Waals surface area contributed by atoms with Crippen LogP contribution in [-0.2, 0) is 14.3 Å². The van der Waals surface area contributed by atoms with E-state index < -0.39 is 13.0 Å². The topological polar surface area (TPSA) is 55.4 Å². The highest BCUT2D eigenvalue weighted by Gasteiger charge is 2.09. The summed E-state index contributed by atoms with van der Waals surface area (Å²) in [5.41, 5.74) is 0. The maximum Gasteiger partial charge on any atom is 0.261 e. The van der Waals surface area contributed by atoms with Gasteiger partial charge in [-0.15, -0.1) is 0 Å². The lowest BCUT2D eigenvalue weighted by Crippen LogP contribution is -2.32. The minimum absolute atomic E-state index is 0.0158. The standard InChI is InChI=1S/C10H17F2NO3/c1-7(2)8(14)5-13-10(15)3-4-16-6-9(11)12/h7,9H,3-6H2,1-2H3,(H,13,15). The zero-order chi connectivity index (χ0) is 12.6. The van der Waals surface area contributed by atoms with E-state index in [4.69, 9.17) is 0 Å². The third kappa shape index (κ3) is 8.28. The second-order valence-corrected chi connectivity index (χ2v) is 3.61. The number of hydrogen-bond donors (Lipinski definition) is 1. The number of carbonyl (C=O) groups excluding carboxylic acids is 2. The Bertz CT molecular complexity index is 232. The highest BCUT2D eigenvalue weighted by molar-refractivity contribution is 5.87. The van der Waals surface area contributed by atoms with Crippen molar-refractivity contribution < 1.29 is 23.1 Å². The molecule has 0 spiro atoms. The van der Waals surface area contributed by atoms with Gasteiger partial charge in [0.25, 0.3) is 6.43 Å². The molecule has 0 rings (SSSR count). The molecule has 0 aliphatic heterocycles. The molecule has 0 aliphatic rings. The smallest absolute Gasteiger partial charge is 0.261 e. The first-order valence-electron chi connectivity index (χ1n) is 5.08. The monoisotopic (exact) mass is 237 g/mol. The molecule has 0 bridgehead atoms. The Morgan fingerprint density at radius 2 is 1.94 bits per heavy atom. The lowest BCUT2D eigenvalue weighted by molar-refractivity contribution is -0.127. The second-order valence-electron chi connectivity index (χ2n) is 3.61. The molecular formula is C10H17F2NO3. The van der Waals surface area contributed by atoms with Crippen LogP contribution in [0.1, 0.15) is 20.3 Å². The number of hydrogen-bond acceptors (Lipinski definition) is 3. The van der Waals surface area contributed by atoms with Crippen LogP contribution in [0.25, 0.3) is 0 Å². The summed E-state index contributed by atoms with van der Waals surface area (Å²) in [6.45, 7) is 2.72. The van der Waals surface area contributed by atoms with E-state index in [9.17, 15) is 18.4 Å². The molecule has 0 aliphatic carbocycles. The Balaban J connectivity index is 3.49. The van der Waals surface area contributed by atoms with Crippen LogP contribution < -0.4 is 5.32 Å². The second kappa shape index (κ2) is 8.15. The van der Waals surface area contributed by atoms with E-state index in [1.807, 2.05) is 0 Å². The normalized spacial score (nSPS) is 10.9. The number of amides is 1. The SMILES string of the molecule is CC(C)C(=O)CNC(=O)CCOCC(F)F. The molecule has 0 aromatic heterocycles. The molecule has 0 radical (unpaired) electrons. The van der Waals surface area contributed by atoms with Crippen molar-refractivity contribution in [1.82, 2.24) is 5.32 Å². The third-order valence-corrected chi connectivity index (χ3v) is 1.82. The summed E-state index contributed by atoms with van der Waals surface area (Å²) in [6, 6.07) is 0. The van der Waals surface area contributed by atoms with E-state index >= 15 is 0 Å². The zero-order valence-electron chi connectivity index (χ0n) is 9.46. The van der Waals surface area contributed by atoms with Crippen molar-refractivity contribution in [1.29, 1.82) is 0 Å². The average molecular weight is 237 g/mol. The van der Waals surface area contributed by atoms with Gasteiger partial charge in [0.1, 0.15) is 6.61 Å². The molecule has 1 N–H and O–H groups in total. The molecule has 0 atom stereocenters. The van der Waals surface area contributed by atoms with Crippen LogP contribution in [0, 0.1) is 5.92 Å². The van der Waals surface area contributed by atoms with Crippen LogP contribution in [0.2, 0.25) is 0 Å². The van der Waals surface area contributed by atoms with Gasteiger partial charge in [0, 0.05) is 12.3 Å². The Morgan fingerprint density at radius 1 is 1.31 bits per heavy atom. The van der Waals surface area contributed by atoms with E-state index in [1.165, 1.54) is 0 Å². The number of nitrogens with one attached hydrogen (secondary N) is 1. The van der Waals surface area contributed by atoms with Gasteiger partial charge in [-0.1, -0.05) is 13.8 Å². The minimum Gasteiger partial charge on any atom is -0.375 e. The summed E-state index contributed by atoms with van der Waals surface area (Å²) in [5, 5.41) is 2.40. The number of ketones is 1. The van der Waals surface area contributed by atoms with Gasteiger partial charge < -0.3 is 10.1 Å². The van der Waals surface area contributed by atoms with Crippen LogP contribution >= 0.6 is 0 Å². The number of Topliss-reactive ketones (excluding diaryl/α,β-unsaturated/α-hetero) is 1. The molecular weight excluding hydrogens is 220 g/mol. The first-order chi connectivity index (χ1) is 7.43. The number of alkyl halides is 2. The predicted octanol–water partition coefficient (Wildman–Crippen LogP) is 0.999. The summed E-state index contributed by atoms with van der Waals surface area (Å²) >= 11 is 0. The molecule has 0 aromatic rings. The minimum atomic E-state index is -2.52. The molecule has 0 saturated heterocycles. The summed E-state index contributed by atoms with van der Waals surface area (Å²) in [7, 11) is 0. The largest absolute Gasteiger partial charge is 0.375 e. The van der Waals surface area contributed by atoms with E-state index in [1.54, 1.807) is 13.8 Å². The molecule has 0 fully saturated rings. The van der Waals surface area contributed by atoms with Crippen molar-refractivity contribution in [3.63, 3.8) is 0 Å².